The van der Waals surface area contributed by atoms with Crippen molar-refractivity contribution in [1.82, 2.24) is 10.2 Å². The maximum atomic E-state index is 14.5. The number of nitrogens with one attached hydrogen (secondary N) is 1. The minimum Gasteiger partial charge on any atom is -0.444 e. The molecule has 0 aromatic heterocycles. The fourth-order valence-electron chi connectivity index (χ4n) is 9.00. The fraction of sp³-hybridized carbons (Fsp3) is 0.667. The van der Waals surface area contributed by atoms with Crippen LogP contribution in [-0.4, -0.2) is 70.5 Å². The molecule has 1 aromatic carbocycles. The lowest BCUT2D eigenvalue weighted by molar-refractivity contribution is -0.384. The summed E-state index contributed by atoms with van der Waals surface area (Å²) in [5.41, 5.74) is -1.77. The monoisotopic (exact) mass is 625 g/mol. The molecule has 7 rings (SSSR count). The second-order valence-electron chi connectivity index (χ2n) is 14.8. The third-order valence-electron chi connectivity index (χ3n) is 10.2. The minimum atomic E-state index is -0.926. The van der Waals surface area contributed by atoms with Gasteiger partial charge in [0.15, 0.2) is 0 Å². The zero-order valence-corrected chi connectivity index (χ0v) is 26.4. The van der Waals surface area contributed by atoms with Crippen molar-refractivity contribution >= 4 is 23.8 Å². The normalized spacial score (nSPS) is 33.2. The highest BCUT2D eigenvalue weighted by Crippen LogP contribution is 2.64. The lowest BCUT2D eigenvalue weighted by Gasteiger charge is -2.63. The van der Waals surface area contributed by atoms with Crippen LogP contribution in [0, 0.1) is 33.3 Å². The standard InChI is InChI=1S/C33H43N3O9/c1-20-13-23-5-10-26(23)35(20)28(37)27(34-29(38)45-31(2,3)4)32-15-21-14-22(16-32)18-33(17-21,19-32)43-12-11-42-30(39)44-25-8-6-24(7-9-25)36(40)41/h5-10,20-23,26-27H,11-19H2,1-4H3,(H,34,38)/t20-,21+,22?,23+,26+,27-,32?,33?/m1/s1. The maximum Gasteiger partial charge on any atom is 0.513 e. The van der Waals surface area contributed by atoms with Crippen molar-refractivity contribution in [2.45, 2.75) is 102 Å². The molecule has 4 bridgehead atoms. The summed E-state index contributed by atoms with van der Waals surface area (Å²) in [5.74, 6) is 1.19. The number of ether oxygens (including phenoxy) is 4. The van der Waals surface area contributed by atoms with E-state index in [-0.39, 0.29) is 42.6 Å². The number of likely N-dealkylation sites (tertiary alicyclic amines) is 1. The van der Waals surface area contributed by atoms with Crippen LogP contribution >= 0.6 is 0 Å². The van der Waals surface area contributed by atoms with E-state index in [4.69, 9.17) is 18.9 Å². The summed E-state index contributed by atoms with van der Waals surface area (Å²) in [6.45, 7) is 7.64. The smallest absolute Gasteiger partial charge is 0.444 e. The lowest BCUT2D eigenvalue weighted by Crippen LogP contribution is -2.67. The number of alkyl carbamates (subject to hydrolysis) is 1. The molecule has 5 aliphatic carbocycles. The number of nitrogens with zero attached hydrogens (tertiary/aromatic N) is 2. The van der Waals surface area contributed by atoms with Crippen molar-refractivity contribution in [3.8, 4) is 5.75 Å². The first-order valence-electron chi connectivity index (χ1n) is 16.0. The van der Waals surface area contributed by atoms with Crippen LogP contribution in [0.4, 0.5) is 15.3 Å². The van der Waals surface area contributed by atoms with Gasteiger partial charge in [-0.1, -0.05) is 12.2 Å². The van der Waals surface area contributed by atoms with E-state index in [1.54, 1.807) is 0 Å². The van der Waals surface area contributed by atoms with Gasteiger partial charge in [0.05, 0.1) is 23.2 Å². The predicted octanol–water partition coefficient (Wildman–Crippen LogP) is 5.53. The molecule has 1 aliphatic heterocycles. The number of amides is 2. The van der Waals surface area contributed by atoms with Crippen LogP contribution in [0.1, 0.15) is 72.6 Å². The SMILES string of the molecule is C[C@@H]1C[C@@H]2C=C[C@@H]2N1C(=O)[C@@H](NC(=O)OC(C)(C)C)C12CC3C[C@H](CC(OCCOC(=O)Oc4ccc([N+](=O)[O-])cc4)(C3)C1)C2. The molecule has 1 aromatic rings. The third kappa shape index (κ3) is 6.39. The number of non-ortho nitro benzene ring substituents is 1. The number of carbonyl (C=O) groups excluding carboxylic acids is 3. The van der Waals surface area contributed by atoms with Gasteiger partial charge in [0.25, 0.3) is 5.69 Å². The van der Waals surface area contributed by atoms with Crippen molar-refractivity contribution in [1.29, 1.82) is 0 Å². The molecule has 12 heteroatoms. The quantitative estimate of drug-likeness (QED) is 0.0934. The summed E-state index contributed by atoms with van der Waals surface area (Å²) >= 11 is 0. The highest BCUT2D eigenvalue weighted by Gasteiger charge is 2.63. The highest BCUT2D eigenvalue weighted by molar-refractivity contribution is 5.88. The number of hydrogen-bond acceptors (Lipinski definition) is 9. The first-order chi connectivity index (χ1) is 21.2. The van der Waals surface area contributed by atoms with Crippen LogP contribution in [0.3, 0.4) is 0 Å². The Balaban J connectivity index is 1.14. The second kappa shape index (κ2) is 11.6. The Kier molecular flexibility index (Phi) is 8.07. The van der Waals surface area contributed by atoms with Crippen LogP contribution in [0.15, 0.2) is 36.4 Å². The Labute approximate surface area is 262 Å². The van der Waals surface area contributed by atoms with Crippen LogP contribution in [0.25, 0.3) is 0 Å². The number of carbonyl (C=O) groups is 3. The molecule has 0 radical (unpaired) electrons. The van der Waals surface area contributed by atoms with Crippen molar-refractivity contribution in [3.05, 3.63) is 46.5 Å². The topological polar surface area (TPSA) is 147 Å². The molecule has 0 spiro atoms. The number of benzene rings is 1. The largest absolute Gasteiger partial charge is 0.513 e. The Morgan fingerprint density at radius 1 is 1.04 bits per heavy atom. The van der Waals surface area contributed by atoms with E-state index in [9.17, 15) is 24.5 Å². The van der Waals surface area contributed by atoms with Gasteiger partial charge in [-0.3, -0.25) is 14.9 Å². The average Bonchev–Trinajstić information content (AvgIpc) is 3.15. The molecule has 45 heavy (non-hydrogen) atoms. The summed E-state index contributed by atoms with van der Waals surface area (Å²) in [6, 6.07) is 4.57. The van der Waals surface area contributed by atoms with Crippen molar-refractivity contribution < 1.29 is 38.3 Å². The summed E-state index contributed by atoms with van der Waals surface area (Å²) < 4.78 is 22.6. The summed E-state index contributed by atoms with van der Waals surface area (Å²) in [5, 5.41) is 13.9. The molecule has 6 aliphatic rings. The molecule has 244 valence electrons. The van der Waals surface area contributed by atoms with Gasteiger partial charge in [-0.15, -0.1) is 0 Å². The van der Waals surface area contributed by atoms with E-state index in [0.717, 1.165) is 38.5 Å². The Morgan fingerprint density at radius 2 is 1.73 bits per heavy atom. The summed E-state index contributed by atoms with van der Waals surface area (Å²) in [4.78, 5) is 52.2. The van der Waals surface area contributed by atoms with Crippen LogP contribution in [0.2, 0.25) is 0 Å². The van der Waals surface area contributed by atoms with Gasteiger partial charge in [-0.05, 0) is 96.6 Å². The van der Waals surface area contributed by atoms with Crippen molar-refractivity contribution in [2.75, 3.05) is 13.2 Å². The molecular formula is C33H43N3O9. The molecule has 4 saturated carbocycles. The number of rotatable bonds is 9. The summed E-state index contributed by atoms with van der Waals surface area (Å²) in [7, 11) is 0. The zero-order chi connectivity index (χ0) is 32.1. The van der Waals surface area contributed by atoms with Gasteiger partial charge in [0.1, 0.15) is 24.0 Å². The zero-order valence-electron chi connectivity index (χ0n) is 26.4. The van der Waals surface area contributed by atoms with Crippen LogP contribution in [0.5, 0.6) is 5.75 Å². The molecule has 1 heterocycles. The van der Waals surface area contributed by atoms with Gasteiger partial charge < -0.3 is 29.2 Å². The minimum absolute atomic E-state index is 0.0326. The molecule has 1 N–H and O–H groups in total. The third-order valence-corrected chi connectivity index (χ3v) is 10.2. The first-order valence-corrected chi connectivity index (χ1v) is 16.0. The van der Waals surface area contributed by atoms with Gasteiger partial charge >= 0.3 is 12.2 Å². The van der Waals surface area contributed by atoms with Crippen LogP contribution in [-0.2, 0) is 19.0 Å². The van der Waals surface area contributed by atoms with E-state index in [1.165, 1.54) is 24.3 Å². The average molecular weight is 626 g/mol. The van der Waals surface area contributed by atoms with E-state index < -0.39 is 39.8 Å². The molecule has 8 atom stereocenters. The number of hydrogen-bond donors (Lipinski definition) is 1. The molecule has 1 saturated heterocycles. The van der Waals surface area contributed by atoms with Gasteiger partial charge in [-0.2, -0.15) is 0 Å². The highest BCUT2D eigenvalue weighted by atomic mass is 16.7. The Bertz CT molecular complexity index is 1360. The van der Waals surface area contributed by atoms with Crippen LogP contribution < -0.4 is 10.1 Å². The van der Waals surface area contributed by atoms with Gasteiger partial charge in [-0.25, -0.2) is 9.59 Å². The number of nitro groups is 1. The van der Waals surface area contributed by atoms with Crippen molar-refractivity contribution in [3.63, 3.8) is 0 Å². The maximum absolute atomic E-state index is 14.5. The second-order valence-corrected chi connectivity index (χ2v) is 14.8. The molecule has 3 unspecified atom stereocenters. The Hall–Kier alpha value is -3.67. The van der Waals surface area contributed by atoms with E-state index in [0.29, 0.717) is 24.2 Å². The molecule has 5 fully saturated rings. The van der Waals surface area contributed by atoms with E-state index in [1.807, 2.05) is 25.7 Å². The first kappa shape index (κ1) is 31.3. The number of nitro benzene ring substituents is 1. The van der Waals surface area contributed by atoms with Gasteiger partial charge in [0.2, 0.25) is 5.91 Å². The van der Waals surface area contributed by atoms with Gasteiger partial charge in [0, 0.05) is 29.5 Å². The van der Waals surface area contributed by atoms with E-state index >= 15 is 0 Å². The molecule has 2 amide bonds. The van der Waals surface area contributed by atoms with E-state index in [2.05, 4.69) is 24.4 Å². The molecular weight excluding hydrogens is 582 g/mol. The predicted molar refractivity (Wildman–Crippen MR) is 161 cm³/mol. The summed E-state index contributed by atoms with van der Waals surface area (Å²) in [6.07, 6.45) is 8.77. The Morgan fingerprint density at radius 3 is 2.31 bits per heavy atom. The molecule has 12 nitrogen and oxygen atoms in total. The fourth-order valence-corrected chi connectivity index (χ4v) is 9.00. The van der Waals surface area contributed by atoms with Crippen molar-refractivity contribution in [2.24, 2.45) is 23.2 Å². The lowest BCUT2D eigenvalue weighted by atomic mass is 9.46. The number of fused-ring (bicyclic) bond motifs is 1.